The van der Waals surface area contributed by atoms with Crippen molar-refractivity contribution in [2.24, 2.45) is 5.92 Å². The largest absolute Gasteiger partial charge is 0.379 e. The number of carbonyl (C=O) groups is 1. The monoisotopic (exact) mass is 409 g/mol. The summed E-state index contributed by atoms with van der Waals surface area (Å²) in [5.74, 6) is 0.861. The number of hydrogen-bond donors (Lipinski definition) is 2. The molecule has 0 bridgehead atoms. The second-order valence-electron chi connectivity index (χ2n) is 6.38. The van der Waals surface area contributed by atoms with Crippen LogP contribution in [-0.2, 0) is 9.53 Å². The zero-order valence-electron chi connectivity index (χ0n) is 14.4. The molecule has 2 fully saturated rings. The first kappa shape index (κ1) is 22.7. The van der Waals surface area contributed by atoms with Gasteiger partial charge in [-0.3, -0.25) is 9.69 Å². The fourth-order valence-electron chi connectivity index (χ4n) is 3.37. The van der Waals surface area contributed by atoms with E-state index >= 15 is 0 Å². The van der Waals surface area contributed by atoms with Crippen molar-refractivity contribution in [2.45, 2.75) is 25.3 Å². The van der Waals surface area contributed by atoms with E-state index in [0.29, 0.717) is 18.9 Å². The topological polar surface area (TPSA) is 53.6 Å². The number of ether oxygens (including phenoxy) is 1. The van der Waals surface area contributed by atoms with E-state index in [1.165, 1.54) is 11.3 Å². The van der Waals surface area contributed by atoms with Crippen LogP contribution in [0, 0.1) is 5.92 Å². The molecule has 0 radical (unpaired) electrons. The lowest BCUT2D eigenvalue weighted by Gasteiger charge is -2.34. The van der Waals surface area contributed by atoms with Crippen molar-refractivity contribution in [1.82, 2.24) is 15.5 Å². The highest BCUT2D eigenvalue weighted by molar-refractivity contribution is 7.10. The first-order valence-electron chi connectivity index (χ1n) is 8.65. The third kappa shape index (κ3) is 7.04. The SMILES string of the molecule is Cl.Cl.O=C(CCC1CCNC1)NCC(c1cccs1)N1CCOCC1. The highest BCUT2D eigenvalue weighted by Crippen LogP contribution is 2.25. The van der Waals surface area contributed by atoms with Crippen molar-refractivity contribution >= 4 is 42.1 Å². The van der Waals surface area contributed by atoms with Crippen LogP contribution < -0.4 is 10.6 Å². The number of halogens is 2. The van der Waals surface area contributed by atoms with Gasteiger partial charge in [0, 0.05) is 30.9 Å². The highest BCUT2D eigenvalue weighted by atomic mass is 35.5. The van der Waals surface area contributed by atoms with Crippen LogP contribution in [0.3, 0.4) is 0 Å². The van der Waals surface area contributed by atoms with Gasteiger partial charge in [0.1, 0.15) is 0 Å². The van der Waals surface area contributed by atoms with Gasteiger partial charge in [0.2, 0.25) is 5.91 Å². The summed E-state index contributed by atoms with van der Waals surface area (Å²) in [4.78, 5) is 15.9. The van der Waals surface area contributed by atoms with Gasteiger partial charge in [-0.1, -0.05) is 6.07 Å². The summed E-state index contributed by atoms with van der Waals surface area (Å²) < 4.78 is 5.46. The minimum atomic E-state index is 0. The number of rotatable bonds is 7. The molecule has 0 saturated carbocycles. The summed E-state index contributed by atoms with van der Waals surface area (Å²) in [5, 5.41) is 8.62. The summed E-state index contributed by atoms with van der Waals surface area (Å²) in [6.45, 7) is 6.30. The quantitative estimate of drug-likeness (QED) is 0.725. The fraction of sp³-hybridized carbons (Fsp3) is 0.706. The average molecular weight is 410 g/mol. The summed E-state index contributed by atoms with van der Waals surface area (Å²) >= 11 is 1.77. The van der Waals surface area contributed by atoms with Crippen molar-refractivity contribution in [2.75, 3.05) is 45.9 Å². The van der Waals surface area contributed by atoms with E-state index in [-0.39, 0.29) is 36.8 Å². The maximum absolute atomic E-state index is 12.2. The Balaban J connectivity index is 0.00000156. The molecule has 2 aliphatic rings. The molecule has 3 heterocycles. The number of nitrogens with zero attached hydrogens (tertiary/aromatic N) is 1. The first-order valence-corrected chi connectivity index (χ1v) is 9.53. The van der Waals surface area contributed by atoms with Crippen LogP contribution in [-0.4, -0.2) is 56.7 Å². The molecule has 144 valence electrons. The molecular formula is C17H29Cl2N3O2S. The van der Waals surface area contributed by atoms with Gasteiger partial charge < -0.3 is 15.4 Å². The van der Waals surface area contributed by atoms with Crippen LogP contribution in [0.25, 0.3) is 0 Å². The normalized spacial score (nSPS) is 21.8. The lowest BCUT2D eigenvalue weighted by molar-refractivity contribution is -0.121. The van der Waals surface area contributed by atoms with Crippen LogP contribution in [0.5, 0.6) is 0 Å². The van der Waals surface area contributed by atoms with Gasteiger partial charge in [-0.2, -0.15) is 0 Å². The summed E-state index contributed by atoms with van der Waals surface area (Å²) in [5.41, 5.74) is 0. The molecule has 8 heteroatoms. The molecule has 2 aliphatic heterocycles. The van der Waals surface area contributed by atoms with Crippen LogP contribution in [0.2, 0.25) is 0 Å². The van der Waals surface area contributed by atoms with Crippen molar-refractivity contribution in [3.8, 4) is 0 Å². The van der Waals surface area contributed by atoms with Gasteiger partial charge in [0.05, 0.1) is 19.3 Å². The van der Waals surface area contributed by atoms with Gasteiger partial charge in [0.25, 0.3) is 0 Å². The average Bonchev–Trinajstić information content (AvgIpc) is 3.28. The Morgan fingerprint density at radius 2 is 2.20 bits per heavy atom. The number of amides is 1. The molecule has 3 rings (SSSR count). The van der Waals surface area contributed by atoms with Crippen LogP contribution in [0.1, 0.15) is 30.2 Å². The van der Waals surface area contributed by atoms with E-state index in [1.807, 2.05) is 0 Å². The molecule has 0 aromatic carbocycles. The van der Waals surface area contributed by atoms with E-state index in [1.54, 1.807) is 11.3 Å². The Bertz CT molecular complexity index is 478. The molecule has 2 atom stereocenters. The Hall–Kier alpha value is -0.370. The van der Waals surface area contributed by atoms with Gasteiger partial charge in [-0.25, -0.2) is 0 Å². The molecular weight excluding hydrogens is 381 g/mol. The molecule has 5 nitrogen and oxygen atoms in total. The third-order valence-electron chi connectivity index (χ3n) is 4.79. The van der Waals surface area contributed by atoms with Crippen molar-refractivity contribution < 1.29 is 9.53 Å². The number of hydrogen-bond acceptors (Lipinski definition) is 5. The predicted molar refractivity (Wildman–Crippen MR) is 107 cm³/mol. The standard InChI is InChI=1S/C17H27N3O2S.2ClH/c21-17(4-3-14-5-6-18-12-14)19-13-15(16-2-1-11-23-16)20-7-9-22-10-8-20;;/h1-2,11,14-15,18H,3-10,12-13H2,(H,19,21);2*1H. The zero-order chi connectivity index (χ0) is 15.9. The van der Waals surface area contributed by atoms with E-state index in [9.17, 15) is 4.79 Å². The van der Waals surface area contributed by atoms with Gasteiger partial charge in [0.15, 0.2) is 0 Å². The minimum absolute atomic E-state index is 0. The van der Waals surface area contributed by atoms with Crippen LogP contribution in [0.4, 0.5) is 0 Å². The number of carbonyl (C=O) groups excluding carboxylic acids is 1. The van der Waals surface area contributed by atoms with E-state index < -0.39 is 0 Å². The van der Waals surface area contributed by atoms with Crippen molar-refractivity contribution in [3.63, 3.8) is 0 Å². The Kier molecular flexibility index (Phi) is 11.0. The molecule has 1 aromatic rings. The zero-order valence-corrected chi connectivity index (χ0v) is 16.9. The second-order valence-corrected chi connectivity index (χ2v) is 7.36. The Labute approximate surface area is 166 Å². The van der Waals surface area contributed by atoms with Crippen molar-refractivity contribution in [3.05, 3.63) is 22.4 Å². The third-order valence-corrected chi connectivity index (χ3v) is 5.77. The Morgan fingerprint density at radius 1 is 1.40 bits per heavy atom. The maximum atomic E-state index is 12.2. The first-order chi connectivity index (χ1) is 11.3. The van der Waals surface area contributed by atoms with Crippen LogP contribution in [0.15, 0.2) is 17.5 Å². The fourth-order valence-corrected chi connectivity index (χ4v) is 4.24. The molecule has 2 unspecified atom stereocenters. The van der Waals surface area contributed by atoms with E-state index in [2.05, 4.69) is 33.0 Å². The van der Waals surface area contributed by atoms with E-state index in [4.69, 9.17) is 4.74 Å². The van der Waals surface area contributed by atoms with Gasteiger partial charge in [-0.05, 0) is 43.3 Å². The highest BCUT2D eigenvalue weighted by Gasteiger charge is 2.24. The van der Waals surface area contributed by atoms with Crippen LogP contribution >= 0.6 is 36.2 Å². The lowest BCUT2D eigenvalue weighted by atomic mass is 10.0. The lowest BCUT2D eigenvalue weighted by Crippen LogP contribution is -2.43. The Morgan fingerprint density at radius 3 is 2.84 bits per heavy atom. The molecule has 1 amide bonds. The van der Waals surface area contributed by atoms with E-state index in [0.717, 1.165) is 45.8 Å². The molecule has 0 aliphatic carbocycles. The molecule has 25 heavy (non-hydrogen) atoms. The van der Waals surface area contributed by atoms with Gasteiger partial charge >= 0.3 is 0 Å². The summed E-state index contributed by atoms with van der Waals surface area (Å²) in [6.07, 6.45) is 2.85. The van der Waals surface area contributed by atoms with Gasteiger partial charge in [-0.15, -0.1) is 36.2 Å². The molecule has 2 N–H and O–H groups in total. The minimum Gasteiger partial charge on any atom is -0.379 e. The predicted octanol–water partition coefficient (Wildman–Crippen LogP) is 2.47. The molecule has 0 spiro atoms. The summed E-state index contributed by atoms with van der Waals surface area (Å²) in [6, 6.07) is 4.53. The number of nitrogens with one attached hydrogen (secondary N) is 2. The maximum Gasteiger partial charge on any atom is 0.220 e. The summed E-state index contributed by atoms with van der Waals surface area (Å²) in [7, 11) is 0. The second kappa shape index (κ2) is 12.1. The molecule has 2 saturated heterocycles. The van der Waals surface area contributed by atoms with Crippen molar-refractivity contribution in [1.29, 1.82) is 0 Å². The number of morpholine rings is 1. The molecule has 1 aromatic heterocycles. The number of thiophene rings is 1. The smallest absolute Gasteiger partial charge is 0.220 e.